The molecule has 16 nitrogen and oxygen atoms in total. The second-order valence-electron chi connectivity index (χ2n) is 33.9. The minimum atomic E-state index is -1.07. The van der Waals surface area contributed by atoms with Crippen molar-refractivity contribution in [2.24, 2.45) is 0 Å². The number of fused-ring (bicyclic) bond motifs is 14. The minimum Gasteiger partial charge on any atom is -0.478 e. The summed E-state index contributed by atoms with van der Waals surface area (Å²) in [7, 11) is 0. The molecule has 10 heterocycles. The van der Waals surface area contributed by atoms with Crippen molar-refractivity contribution in [3.63, 3.8) is 0 Å². The second kappa shape index (κ2) is 25.0. The molecule has 8 aromatic carbocycles. The van der Waals surface area contributed by atoms with Gasteiger partial charge >= 0.3 is 23.9 Å². The van der Waals surface area contributed by atoms with E-state index in [9.17, 15) is 39.6 Å². The van der Waals surface area contributed by atoms with Crippen LogP contribution in [-0.2, 0) is 21.7 Å². The molecule has 0 spiro atoms. The first-order valence-electron chi connectivity index (χ1n) is 37.5. The Kier molecular flexibility index (Phi) is 15.6. The van der Waals surface area contributed by atoms with Crippen molar-refractivity contribution < 1.29 is 39.6 Å². The van der Waals surface area contributed by atoms with Crippen molar-refractivity contribution in [3.8, 4) is 66.8 Å². The zero-order valence-corrected chi connectivity index (χ0v) is 63.8. The van der Waals surface area contributed by atoms with Crippen molar-refractivity contribution in [2.75, 3.05) is 0 Å². The maximum atomic E-state index is 12.7. The van der Waals surface area contributed by atoms with Crippen LogP contribution in [0.15, 0.2) is 182 Å². The fourth-order valence-electron chi connectivity index (χ4n) is 16.3. The molecule has 18 rings (SSSR count). The first-order valence-corrected chi connectivity index (χ1v) is 37.5. The van der Waals surface area contributed by atoms with E-state index in [2.05, 4.69) is 176 Å². The largest absolute Gasteiger partial charge is 0.478 e. The third-order valence-electron chi connectivity index (χ3n) is 22.4. The van der Waals surface area contributed by atoms with Crippen LogP contribution in [0.2, 0.25) is 0 Å². The first kappa shape index (κ1) is 70.1. The molecule has 0 radical (unpaired) electrons. The quantitative estimate of drug-likeness (QED) is 0.0636. The van der Waals surface area contributed by atoms with Gasteiger partial charge in [-0.05, 0) is 199 Å². The number of rotatable bonds is 10. The highest BCUT2D eigenvalue weighted by Crippen LogP contribution is 2.50. The Morgan fingerprint density at radius 2 is 0.527 bits per heavy atom. The van der Waals surface area contributed by atoms with Gasteiger partial charge in [0.05, 0.1) is 78.1 Å². The molecular formula is C96H78N8O8. The lowest BCUT2D eigenvalue weighted by Crippen LogP contribution is -2.16. The molecule has 16 bridgehead atoms. The normalized spacial score (nSPS) is 12.9. The summed E-state index contributed by atoms with van der Waals surface area (Å²) in [5.41, 5.74) is 23.2. The number of nitrogens with one attached hydrogen (secondary N) is 4. The van der Waals surface area contributed by atoms with Gasteiger partial charge in [0, 0.05) is 98.8 Å². The predicted octanol–water partition coefficient (Wildman–Crippen LogP) is 23.6. The fraction of sp³-hybridized carbons (Fsp3) is 0.167. The third-order valence-corrected chi connectivity index (χ3v) is 22.4. The summed E-state index contributed by atoms with van der Waals surface area (Å²) in [5.74, 6) is -4.28. The summed E-state index contributed by atoms with van der Waals surface area (Å²) in [6.07, 6.45) is 8.11. The first-order chi connectivity index (χ1) is 53.3. The Morgan fingerprint density at radius 1 is 0.268 bits per heavy atom. The molecule has 8 N–H and O–H groups in total. The van der Waals surface area contributed by atoms with Gasteiger partial charge in [-0.25, -0.2) is 39.1 Å². The zero-order chi connectivity index (χ0) is 78.3. The van der Waals surface area contributed by atoms with Gasteiger partial charge in [0.2, 0.25) is 0 Å². The molecule has 0 saturated heterocycles. The van der Waals surface area contributed by atoms with Gasteiger partial charge in [-0.1, -0.05) is 168 Å². The number of carboxylic acids is 4. The van der Waals surface area contributed by atoms with E-state index in [4.69, 9.17) is 19.9 Å². The van der Waals surface area contributed by atoms with Crippen LogP contribution in [0.25, 0.3) is 190 Å². The molecule has 112 heavy (non-hydrogen) atoms. The Bertz CT molecular complexity index is 6570. The van der Waals surface area contributed by atoms with Crippen molar-refractivity contribution in [1.82, 2.24) is 39.9 Å². The zero-order valence-electron chi connectivity index (χ0n) is 63.8. The average Bonchev–Trinajstić information content (AvgIpc) is 1.52. The van der Waals surface area contributed by atoms with Crippen molar-refractivity contribution in [1.29, 1.82) is 0 Å². The van der Waals surface area contributed by atoms with E-state index in [1.165, 1.54) is 0 Å². The molecule has 16 aromatic rings. The lowest BCUT2D eigenvalue weighted by Gasteiger charge is -2.26. The molecule has 550 valence electrons. The van der Waals surface area contributed by atoms with E-state index in [0.29, 0.717) is 133 Å². The predicted molar refractivity (Wildman–Crippen MR) is 452 cm³/mol. The smallest absolute Gasteiger partial charge is 0.335 e. The van der Waals surface area contributed by atoms with Crippen LogP contribution < -0.4 is 0 Å². The second-order valence-corrected chi connectivity index (χ2v) is 33.9. The summed E-state index contributed by atoms with van der Waals surface area (Å²) in [6.45, 7) is 26.6. The van der Waals surface area contributed by atoms with Gasteiger partial charge in [-0.15, -0.1) is 0 Å². The summed E-state index contributed by atoms with van der Waals surface area (Å²) >= 11 is 0. The number of aromatic carboxylic acids is 4. The molecule has 0 fully saturated rings. The Labute approximate surface area is 643 Å². The molecule has 0 aliphatic carbocycles. The summed E-state index contributed by atoms with van der Waals surface area (Å²) in [4.78, 5) is 90.2. The molecule has 16 heteroatoms. The fourth-order valence-corrected chi connectivity index (χ4v) is 16.3. The summed E-state index contributed by atoms with van der Waals surface area (Å²) in [6, 6.07) is 57.7. The summed E-state index contributed by atoms with van der Waals surface area (Å²) in [5, 5.41) is 46.1. The van der Waals surface area contributed by atoms with Crippen LogP contribution >= 0.6 is 0 Å². The molecule has 0 atom stereocenters. The molecule has 0 saturated carbocycles. The minimum absolute atomic E-state index is 0.111. The van der Waals surface area contributed by atoms with Gasteiger partial charge in [-0.2, -0.15) is 0 Å². The van der Waals surface area contributed by atoms with E-state index >= 15 is 0 Å². The van der Waals surface area contributed by atoms with Crippen molar-refractivity contribution >= 4 is 147 Å². The van der Waals surface area contributed by atoms with Gasteiger partial charge in [0.25, 0.3) is 0 Å². The lowest BCUT2D eigenvalue weighted by atomic mass is 9.78. The molecule has 0 amide bonds. The number of benzene rings is 8. The molecular weight excluding hydrogens is 1390 g/mol. The van der Waals surface area contributed by atoms with Crippen LogP contribution in [0.1, 0.15) is 170 Å². The number of H-pyrrole nitrogens is 4. The molecule has 0 unspecified atom stereocenters. The topological polar surface area (TPSA) is 264 Å². The van der Waals surface area contributed by atoms with Gasteiger partial charge in [0.1, 0.15) is 0 Å². The third kappa shape index (κ3) is 11.7. The average molecular weight is 1470 g/mol. The Morgan fingerprint density at radius 3 is 0.795 bits per heavy atom. The number of aromatic amines is 4. The maximum Gasteiger partial charge on any atom is 0.335 e. The highest BCUT2D eigenvalue weighted by Gasteiger charge is 2.30. The maximum absolute atomic E-state index is 12.7. The Hall–Kier alpha value is -13.6. The van der Waals surface area contributed by atoms with E-state index < -0.39 is 23.9 Å². The van der Waals surface area contributed by atoms with E-state index in [-0.39, 0.29) is 43.9 Å². The number of hydrogen-bond acceptors (Lipinski definition) is 8. The molecule has 2 aliphatic rings. The summed E-state index contributed by atoms with van der Waals surface area (Å²) < 4.78 is 0. The standard InChI is InChI=1S/C96H78N8O8/c1-93(2,3)57-37-55(38-58(41-57)94(4,5)6)81-69-33-29-65(97-69)77(47-13-21-51(22-14-47)89(105)106)73-43-61-63-45-75-79(49-17-25-53(26-18-49)91(109)110)67-31-35-71(99-67)82(56-39-59(95(7,8)9)42-60(40-56)96(10,11)12)72-36-32-68(100-72)80(50-19-27-54(28-20-50)92(111)112)76-46-64-62-44-74(102-86(62)83(85(61)101-73)84(87(63)103-75)88(64)104-76)78(66-30-34-70(81)98-66)48-15-23-52(24-16-48)90(107)108/h13-46,97,99,102,104H,1-12H3,(H,105,106)(H,107,108)(H,109,110)(H,111,112). The molecule has 8 aromatic heterocycles. The van der Waals surface area contributed by atoms with Crippen LogP contribution in [0, 0.1) is 0 Å². The van der Waals surface area contributed by atoms with E-state index in [1.807, 2.05) is 85.0 Å². The van der Waals surface area contributed by atoms with Crippen molar-refractivity contribution in [3.05, 3.63) is 249 Å². The SMILES string of the molecule is CC(C)(C)c1cc(-c2c3nc(c(-c4ccc(C(=O)O)cc4)c4cc5c6cc7[nH]c6c6c8nc(cc8c8cc(nc8c6c5[nH]4)c(-c4ccc(C(=O)O)cc4)c4ccc2[nH]4)c(-c2ccc(C(=O)O)cc2)c2ccc([nH]2)c(-c2cc(C(C)(C)C)cc(C(C)(C)C)c2)c2nc(c7-c4ccc(C(=O)O)cc4)C=C2)C=C3)cc(C(C)(C)C)c1. The van der Waals surface area contributed by atoms with Crippen LogP contribution in [0.3, 0.4) is 0 Å². The molecule has 2 aliphatic heterocycles. The van der Waals surface area contributed by atoms with Gasteiger partial charge in [0.15, 0.2) is 0 Å². The number of carbonyl (C=O) groups is 4. The number of carboxylic acid groups (broad SMARTS) is 4. The lowest BCUT2D eigenvalue weighted by molar-refractivity contribution is 0.0686. The van der Waals surface area contributed by atoms with Crippen LogP contribution in [0.5, 0.6) is 0 Å². The monoisotopic (exact) mass is 1470 g/mol. The highest BCUT2D eigenvalue weighted by atomic mass is 16.4. The van der Waals surface area contributed by atoms with Crippen LogP contribution in [0.4, 0.5) is 0 Å². The number of nitrogens with zero attached hydrogens (tertiary/aromatic N) is 4. The Balaban J connectivity index is 1.10. The highest BCUT2D eigenvalue weighted by molar-refractivity contribution is 6.40. The number of aromatic nitrogens is 8. The van der Waals surface area contributed by atoms with Crippen LogP contribution in [-0.4, -0.2) is 84.2 Å². The van der Waals surface area contributed by atoms with E-state index in [0.717, 1.165) is 77.1 Å². The number of hydrogen-bond donors (Lipinski definition) is 8. The van der Waals surface area contributed by atoms with Gasteiger partial charge in [-0.3, -0.25) is 0 Å². The van der Waals surface area contributed by atoms with Crippen molar-refractivity contribution in [2.45, 2.75) is 105 Å². The van der Waals surface area contributed by atoms with E-state index in [1.54, 1.807) is 48.5 Å². The van der Waals surface area contributed by atoms with Gasteiger partial charge < -0.3 is 40.4 Å².